The van der Waals surface area contributed by atoms with Crippen LogP contribution in [0.5, 0.6) is 5.75 Å². The first-order valence-electron chi connectivity index (χ1n) is 8.69. The van der Waals surface area contributed by atoms with Gasteiger partial charge in [0.1, 0.15) is 5.75 Å². The van der Waals surface area contributed by atoms with Gasteiger partial charge in [-0.25, -0.2) is 0 Å². The monoisotopic (exact) mass is 369 g/mol. The molecule has 3 aromatic rings. The summed E-state index contributed by atoms with van der Waals surface area (Å²) in [4.78, 5) is 6.93. The summed E-state index contributed by atoms with van der Waals surface area (Å²) in [6.07, 6.45) is 2.27. The van der Waals surface area contributed by atoms with Gasteiger partial charge in [0.2, 0.25) is 11.7 Å². The number of hydrogen-bond donors (Lipinski definition) is 0. The molecule has 2 heterocycles. The van der Waals surface area contributed by atoms with Crippen LogP contribution < -0.4 is 4.74 Å². The van der Waals surface area contributed by atoms with Crippen LogP contribution in [0.15, 0.2) is 53.1 Å². The molecule has 0 spiro atoms. The van der Waals surface area contributed by atoms with E-state index in [2.05, 4.69) is 27.2 Å². The highest BCUT2D eigenvalue weighted by molar-refractivity contribution is 6.30. The van der Waals surface area contributed by atoms with Gasteiger partial charge in [-0.15, -0.1) is 0 Å². The minimum absolute atomic E-state index is 0.344. The molecule has 5 nitrogen and oxygen atoms in total. The van der Waals surface area contributed by atoms with Crippen molar-refractivity contribution in [1.82, 2.24) is 15.0 Å². The zero-order valence-corrected chi connectivity index (χ0v) is 15.3. The molecule has 1 aliphatic rings. The van der Waals surface area contributed by atoms with Crippen LogP contribution >= 0.6 is 11.6 Å². The molecule has 0 saturated carbocycles. The molecule has 2 aromatic carbocycles. The van der Waals surface area contributed by atoms with Crippen molar-refractivity contribution in [2.24, 2.45) is 0 Å². The molecule has 1 aromatic heterocycles. The van der Waals surface area contributed by atoms with Gasteiger partial charge in [-0.1, -0.05) is 28.9 Å². The summed E-state index contributed by atoms with van der Waals surface area (Å²) in [6.45, 7) is 1.66. The van der Waals surface area contributed by atoms with Gasteiger partial charge in [-0.2, -0.15) is 4.98 Å². The van der Waals surface area contributed by atoms with E-state index >= 15 is 0 Å². The third-order valence-electron chi connectivity index (χ3n) is 4.75. The van der Waals surface area contributed by atoms with Gasteiger partial charge < -0.3 is 9.26 Å². The lowest BCUT2D eigenvalue weighted by molar-refractivity contribution is 0.212. The lowest BCUT2D eigenvalue weighted by atomic mass is 10.0. The summed E-state index contributed by atoms with van der Waals surface area (Å²) in [5.74, 6) is 2.11. The number of methoxy groups -OCH3 is 1. The van der Waals surface area contributed by atoms with Crippen LogP contribution in [0.25, 0.3) is 11.4 Å². The van der Waals surface area contributed by atoms with Gasteiger partial charge in [-0.3, -0.25) is 4.90 Å². The molecule has 0 bridgehead atoms. The summed E-state index contributed by atoms with van der Waals surface area (Å²) in [5, 5.41) is 4.80. The van der Waals surface area contributed by atoms with Crippen LogP contribution in [0.1, 0.15) is 30.3 Å². The molecule has 1 atom stereocenters. The van der Waals surface area contributed by atoms with Crippen LogP contribution in [0.4, 0.5) is 0 Å². The van der Waals surface area contributed by atoms with E-state index in [4.69, 9.17) is 20.9 Å². The lowest BCUT2D eigenvalue weighted by Crippen LogP contribution is -2.23. The van der Waals surface area contributed by atoms with Crippen molar-refractivity contribution in [3.05, 3.63) is 65.0 Å². The molecule has 4 rings (SSSR count). The summed E-state index contributed by atoms with van der Waals surface area (Å²) in [6, 6.07) is 16.1. The summed E-state index contributed by atoms with van der Waals surface area (Å²) < 4.78 is 10.8. The van der Waals surface area contributed by atoms with Crippen LogP contribution in [-0.2, 0) is 6.54 Å². The third-order valence-corrected chi connectivity index (χ3v) is 5.00. The van der Waals surface area contributed by atoms with Crippen LogP contribution in [0.2, 0.25) is 5.02 Å². The third kappa shape index (κ3) is 3.59. The molecule has 1 unspecified atom stereocenters. The minimum atomic E-state index is 0.344. The van der Waals surface area contributed by atoms with Gasteiger partial charge in [0, 0.05) is 16.6 Å². The first-order chi connectivity index (χ1) is 12.7. The van der Waals surface area contributed by atoms with E-state index < -0.39 is 0 Å². The molecule has 1 fully saturated rings. The van der Waals surface area contributed by atoms with Gasteiger partial charge in [0.05, 0.1) is 13.7 Å². The highest BCUT2D eigenvalue weighted by Gasteiger charge is 2.28. The highest BCUT2D eigenvalue weighted by Crippen LogP contribution is 2.34. The maximum absolute atomic E-state index is 5.93. The molecule has 0 N–H and O–H groups in total. The SMILES string of the molecule is COc1cccc(C2CCCN2Cc2nc(-c3ccc(Cl)cc3)no2)c1. The normalized spacial score (nSPS) is 17.5. The van der Waals surface area contributed by atoms with E-state index in [-0.39, 0.29) is 0 Å². The quantitative estimate of drug-likeness (QED) is 0.650. The smallest absolute Gasteiger partial charge is 0.241 e. The average Bonchev–Trinajstić information content (AvgIpc) is 3.32. The molecule has 0 radical (unpaired) electrons. The number of nitrogens with zero attached hydrogens (tertiary/aromatic N) is 3. The Morgan fingerprint density at radius 1 is 1.23 bits per heavy atom. The zero-order valence-electron chi connectivity index (χ0n) is 14.6. The van der Waals surface area contributed by atoms with Crippen molar-refractivity contribution in [1.29, 1.82) is 0 Å². The first kappa shape index (κ1) is 17.1. The summed E-state index contributed by atoms with van der Waals surface area (Å²) in [5.41, 5.74) is 2.16. The zero-order chi connectivity index (χ0) is 17.9. The number of ether oxygens (including phenoxy) is 1. The van der Waals surface area contributed by atoms with Crippen LogP contribution in [0.3, 0.4) is 0 Å². The maximum atomic E-state index is 5.93. The highest BCUT2D eigenvalue weighted by atomic mass is 35.5. The largest absolute Gasteiger partial charge is 0.497 e. The molecular formula is C20H20ClN3O2. The molecule has 1 saturated heterocycles. The Bertz CT molecular complexity index is 879. The molecular weight excluding hydrogens is 350 g/mol. The van der Waals surface area contributed by atoms with E-state index in [1.807, 2.05) is 36.4 Å². The lowest BCUT2D eigenvalue weighted by Gasteiger charge is -2.23. The van der Waals surface area contributed by atoms with Crippen LogP contribution in [0, 0.1) is 0 Å². The fraction of sp³-hybridized carbons (Fsp3) is 0.300. The molecule has 134 valence electrons. The average molecular weight is 370 g/mol. The number of aromatic nitrogens is 2. The topological polar surface area (TPSA) is 51.4 Å². The van der Waals surface area contributed by atoms with E-state index in [1.54, 1.807) is 7.11 Å². The fourth-order valence-corrected chi connectivity index (χ4v) is 3.58. The summed E-state index contributed by atoms with van der Waals surface area (Å²) in [7, 11) is 1.70. The Kier molecular flexibility index (Phi) is 4.91. The number of rotatable bonds is 5. The van der Waals surface area contributed by atoms with Gasteiger partial charge in [0.25, 0.3) is 0 Å². The standard InChI is InChI=1S/C20H20ClN3O2/c1-25-17-5-2-4-15(12-17)18-6-3-11-24(18)13-19-22-20(23-26-19)14-7-9-16(21)10-8-14/h2,4-5,7-10,12,18H,3,6,11,13H2,1H3. The van der Waals surface area contributed by atoms with Gasteiger partial charge >= 0.3 is 0 Å². The van der Waals surface area contributed by atoms with Crippen molar-refractivity contribution < 1.29 is 9.26 Å². The summed E-state index contributed by atoms with van der Waals surface area (Å²) >= 11 is 5.93. The Hall–Kier alpha value is -2.37. The predicted molar refractivity (Wildman–Crippen MR) is 100 cm³/mol. The van der Waals surface area contributed by atoms with Crippen LogP contribution in [-0.4, -0.2) is 28.7 Å². The van der Waals surface area contributed by atoms with Crippen molar-refractivity contribution >= 4 is 11.6 Å². The van der Waals surface area contributed by atoms with Gasteiger partial charge in [0.15, 0.2) is 0 Å². The van der Waals surface area contributed by atoms with Crippen molar-refractivity contribution in [3.63, 3.8) is 0 Å². The van der Waals surface area contributed by atoms with E-state index in [9.17, 15) is 0 Å². The number of hydrogen-bond acceptors (Lipinski definition) is 5. The Balaban J connectivity index is 1.50. The van der Waals surface area contributed by atoms with Gasteiger partial charge in [-0.05, 0) is 61.3 Å². The Labute approximate surface area is 157 Å². The van der Waals surface area contributed by atoms with Crippen molar-refractivity contribution in [2.45, 2.75) is 25.4 Å². The maximum Gasteiger partial charge on any atom is 0.241 e. The van der Waals surface area contributed by atoms with E-state index in [0.717, 1.165) is 30.7 Å². The minimum Gasteiger partial charge on any atom is -0.497 e. The number of halogens is 1. The number of likely N-dealkylation sites (tertiary alicyclic amines) is 1. The fourth-order valence-electron chi connectivity index (χ4n) is 3.45. The molecule has 26 heavy (non-hydrogen) atoms. The second-order valence-electron chi connectivity index (χ2n) is 6.42. The number of benzene rings is 2. The van der Waals surface area contributed by atoms with E-state index in [0.29, 0.717) is 29.3 Å². The second-order valence-corrected chi connectivity index (χ2v) is 6.86. The molecule has 6 heteroatoms. The molecule has 0 amide bonds. The van der Waals surface area contributed by atoms with Crippen molar-refractivity contribution in [3.8, 4) is 17.1 Å². The molecule has 0 aliphatic carbocycles. The van der Waals surface area contributed by atoms with E-state index in [1.165, 1.54) is 5.56 Å². The Morgan fingerprint density at radius 2 is 2.08 bits per heavy atom. The van der Waals surface area contributed by atoms with Crippen molar-refractivity contribution in [2.75, 3.05) is 13.7 Å². The predicted octanol–water partition coefficient (Wildman–Crippen LogP) is 4.74. The second kappa shape index (κ2) is 7.48. The molecule has 1 aliphatic heterocycles. The Morgan fingerprint density at radius 3 is 2.88 bits per heavy atom. The first-order valence-corrected chi connectivity index (χ1v) is 9.07.